The molecule has 0 saturated carbocycles. The van der Waals surface area contributed by atoms with Crippen molar-refractivity contribution in [1.29, 1.82) is 0 Å². The van der Waals surface area contributed by atoms with Gasteiger partial charge in [0.2, 0.25) is 0 Å². The molecule has 1 aromatic rings. The summed E-state index contributed by atoms with van der Waals surface area (Å²) < 4.78 is 40.1. The Morgan fingerprint density at radius 1 is 1.30 bits per heavy atom. The maximum absolute atomic E-state index is 12.7. The van der Waals surface area contributed by atoms with E-state index in [1.54, 1.807) is 6.92 Å². The van der Waals surface area contributed by atoms with Crippen LogP contribution in [0.2, 0.25) is 0 Å². The molecule has 2 rings (SSSR count). The van der Waals surface area contributed by atoms with E-state index in [1.807, 2.05) is 38.1 Å². The Balaban J connectivity index is 1.99. The summed E-state index contributed by atoms with van der Waals surface area (Å²) in [7, 11) is -3.68. The van der Waals surface area contributed by atoms with Crippen LogP contribution in [0.15, 0.2) is 24.3 Å². The summed E-state index contributed by atoms with van der Waals surface area (Å²) >= 11 is 0. The van der Waals surface area contributed by atoms with E-state index < -0.39 is 16.1 Å². The van der Waals surface area contributed by atoms with Gasteiger partial charge in [-0.2, -0.15) is 17.4 Å². The van der Waals surface area contributed by atoms with Crippen LogP contribution in [0, 0.1) is 5.92 Å². The van der Waals surface area contributed by atoms with Crippen LogP contribution in [0.25, 0.3) is 0 Å². The highest BCUT2D eigenvalue weighted by molar-refractivity contribution is 7.87. The monoisotopic (exact) mass is 398 g/mol. The Morgan fingerprint density at radius 3 is 2.67 bits per heavy atom. The first kappa shape index (κ1) is 21.8. The lowest BCUT2D eigenvalue weighted by molar-refractivity contribution is -0.149. The minimum absolute atomic E-state index is 0.0999. The van der Waals surface area contributed by atoms with E-state index in [0.29, 0.717) is 32.6 Å². The summed E-state index contributed by atoms with van der Waals surface area (Å²) in [5.41, 5.74) is 1.83. The van der Waals surface area contributed by atoms with Gasteiger partial charge in [0.05, 0.1) is 25.2 Å². The molecule has 1 aliphatic heterocycles. The summed E-state index contributed by atoms with van der Waals surface area (Å²) in [6, 6.07) is 7.61. The molecule has 7 nitrogen and oxygen atoms in total. The third-order valence-electron chi connectivity index (χ3n) is 4.48. The summed E-state index contributed by atoms with van der Waals surface area (Å²) in [5, 5.41) is 0. The highest BCUT2D eigenvalue weighted by Crippen LogP contribution is 2.20. The van der Waals surface area contributed by atoms with E-state index in [4.69, 9.17) is 9.47 Å². The van der Waals surface area contributed by atoms with E-state index >= 15 is 0 Å². The Morgan fingerprint density at radius 2 is 2.00 bits per heavy atom. The lowest BCUT2D eigenvalue weighted by Crippen LogP contribution is -2.47. The Labute approximate surface area is 162 Å². The van der Waals surface area contributed by atoms with Gasteiger partial charge in [-0.3, -0.25) is 4.79 Å². The second-order valence-electron chi connectivity index (χ2n) is 6.90. The van der Waals surface area contributed by atoms with Gasteiger partial charge in [-0.15, -0.1) is 0 Å². The molecule has 0 amide bonds. The molecule has 0 radical (unpaired) electrons. The Hall–Kier alpha value is -1.48. The third kappa shape index (κ3) is 6.57. The maximum atomic E-state index is 12.7. The molecule has 1 aromatic carbocycles. The average Bonchev–Trinajstić information content (AvgIpc) is 2.65. The highest BCUT2D eigenvalue weighted by atomic mass is 32.2. The van der Waals surface area contributed by atoms with Crippen molar-refractivity contribution in [3.05, 3.63) is 35.4 Å². The topological polar surface area (TPSA) is 84.9 Å². The molecular formula is C19H30N2O5S. The zero-order chi connectivity index (χ0) is 19.9. The van der Waals surface area contributed by atoms with Gasteiger partial charge < -0.3 is 9.47 Å². The first-order valence-electron chi connectivity index (χ1n) is 9.43. The fourth-order valence-electron chi connectivity index (χ4n) is 3.00. The largest absolute Gasteiger partial charge is 0.466 e. The van der Waals surface area contributed by atoms with E-state index in [9.17, 15) is 13.2 Å². The summed E-state index contributed by atoms with van der Waals surface area (Å²) in [6.45, 7) is 7.15. The number of carbonyl (C=O) groups is 1. The van der Waals surface area contributed by atoms with Gasteiger partial charge in [0.15, 0.2) is 0 Å². The van der Waals surface area contributed by atoms with Gasteiger partial charge in [0.25, 0.3) is 10.2 Å². The number of benzene rings is 1. The molecule has 1 N–H and O–H groups in total. The molecule has 0 spiro atoms. The van der Waals surface area contributed by atoms with Gasteiger partial charge in [0, 0.05) is 19.6 Å². The number of nitrogens with one attached hydrogen (secondary N) is 1. The van der Waals surface area contributed by atoms with Crippen molar-refractivity contribution < 1.29 is 22.7 Å². The Bertz CT molecular complexity index is 721. The first-order chi connectivity index (χ1) is 12.8. The van der Waals surface area contributed by atoms with Gasteiger partial charge in [-0.1, -0.05) is 24.3 Å². The van der Waals surface area contributed by atoms with E-state index in [2.05, 4.69) is 4.72 Å². The number of hydrogen-bond donors (Lipinski definition) is 1. The molecule has 0 aromatic heterocycles. The zero-order valence-electron chi connectivity index (χ0n) is 16.3. The number of carbonyl (C=O) groups excluding carboxylic acids is 1. The summed E-state index contributed by atoms with van der Waals surface area (Å²) in [6.07, 6.45) is 1.39. The molecule has 1 fully saturated rings. The zero-order valence-corrected chi connectivity index (χ0v) is 17.1. The highest BCUT2D eigenvalue weighted by Gasteiger charge is 2.32. The van der Waals surface area contributed by atoms with Crippen molar-refractivity contribution in [3.63, 3.8) is 0 Å². The molecule has 1 aliphatic rings. The van der Waals surface area contributed by atoms with Gasteiger partial charge in [-0.05, 0) is 44.7 Å². The molecule has 0 bridgehead atoms. The molecule has 152 valence electrons. The Kier molecular flexibility index (Phi) is 8.22. The van der Waals surface area contributed by atoms with Crippen LogP contribution >= 0.6 is 0 Å². The number of rotatable bonds is 9. The second kappa shape index (κ2) is 10.2. The van der Waals surface area contributed by atoms with Gasteiger partial charge >= 0.3 is 5.97 Å². The second-order valence-corrected chi connectivity index (χ2v) is 8.66. The average molecular weight is 399 g/mol. The first-order valence-corrected chi connectivity index (χ1v) is 10.9. The van der Waals surface area contributed by atoms with Crippen molar-refractivity contribution in [2.75, 3.05) is 19.7 Å². The van der Waals surface area contributed by atoms with Crippen LogP contribution < -0.4 is 4.72 Å². The van der Waals surface area contributed by atoms with Crippen molar-refractivity contribution >= 4 is 16.2 Å². The number of piperidine rings is 1. The fourth-order valence-corrected chi connectivity index (χ4v) is 4.27. The third-order valence-corrected chi connectivity index (χ3v) is 6.00. The lowest BCUT2D eigenvalue weighted by atomic mass is 10.0. The summed E-state index contributed by atoms with van der Waals surface area (Å²) in [5.74, 6) is -0.726. The van der Waals surface area contributed by atoms with Crippen LogP contribution in [0.3, 0.4) is 0 Å². The maximum Gasteiger partial charge on any atom is 0.310 e. The number of nitrogens with zero attached hydrogens (tertiary/aromatic N) is 1. The predicted octanol–water partition coefficient (Wildman–Crippen LogP) is 2.22. The van der Waals surface area contributed by atoms with Crippen LogP contribution in [0.4, 0.5) is 0 Å². The van der Waals surface area contributed by atoms with Crippen LogP contribution in [-0.2, 0) is 37.6 Å². The molecule has 0 aliphatic carbocycles. The molecule has 0 unspecified atom stereocenters. The molecule has 8 heteroatoms. The fraction of sp³-hybridized carbons (Fsp3) is 0.632. The van der Waals surface area contributed by atoms with Crippen molar-refractivity contribution in [1.82, 2.24) is 9.03 Å². The van der Waals surface area contributed by atoms with E-state index in [-0.39, 0.29) is 25.2 Å². The van der Waals surface area contributed by atoms with Crippen molar-refractivity contribution in [3.8, 4) is 0 Å². The van der Waals surface area contributed by atoms with E-state index in [0.717, 1.165) is 11.1 Å². The standard InChI is InChI=1S/C19H30N2O5S/c1-4-25-19(22)17-10-7-11-21(13-17)27(23,24)20-12-16-8-5-6-9-18(16)14-26-15(2)3/h5-6,8-9,15,17,20H,4,7,10-14H2,1-3H3/t17-/m1/s1. The van der Waals surface area contributed by atoms with Crippen LogP contribution in [0.1, 0.15) is 44.7 Å². The minimum Gasteiger partial charge on any atom is -0.466 e. The van der Waals surface area contributed by atoms with Crippen LogP contribution in [0.5, 0.6) is 0 Å². The van der Waals surface area contributed by atoms with Crippen molar-refractivity contribution in [2.24, 2.45) is 5.92 Å². The molecule has 1 atom stereocenters. The summed E-state index contributed by atoms with van der Waals surface area (Å²) in [4.78, 5) is 11.9. The number of esters is 1. The van der Waals surface area contributed by atoms with E-state index in [1.165, 1.54) is 4.31 Å². The SMILES string of the molecule is CCOC(=O)[C@@H]1CCCN(S(=O)(=O)NCc2ccccc2COC(C)C)C1. The van der Waals surface area contributed by atoms with Gasteiger partial charge in [-0.25, -0.2) is 0 Å². The molecular weight excluding hydrogens is 368 g/mol. The quantitative estimate of drug-likeness (QED) is 0.645. The number of hydrogen-bond acceptors (Lipinski definition) is 5. The molecule has 1 saturated heterocycles. The smallest absolute Gasteiger partial charge is 0.310 e. The number of ether oxygens (including phenoxy) is 2. The van der Waals surface area contributed by atoms with Crippen LogP contribution in [-0.4, -0.2) is 44.5 Å². The van der Waals surface area contributed by atoms with Gasteiger partial charge in [0.1, 0.15) is 0 Å². The predicted molar refractivity (Wildman–Crippen MR) is 103 cm³/mol. The molecule has 27 heavy (non-hydrogen) atoms. The van der Waals surface area contributed by atoms with Crippen molar-refractivity contribution in [2.45, 2.75) is 52.9 Å². The lowest BCUT2D eigenvalue weighted by Gasteiger charge is -2.30. The minimum atomic E-state index is -3.68. The molecule has 1 heterocycles. The normalized spacial score (nSPS) is 18.6.